The van der Waals surface area contributed by atoms with Crippen LogP contribution in [0.15, 0.2) is 79.1 Å². The van der Waals surface area contributed by atoms with Gasteiger partial charge >= 0.3 is 0 Å². The van der Waals surface area contributed by atoms with Gasteiger partial charge in [-0.3, -0.25) is 4.57 Å². The Kier molecular flexibility index (Phi) is 6.61. The van der Waals surface area contributed by atoms with Gasteiger partial charge in [-0.15, -0.1) is 0 Å². The summed E-state index contributed by atoms with van der Waals surface area (Å²) in [5.41, 5.74) is 3.09. The van der Waals surface area contributed by atoms with Crippen LogP contribution in [-0.2, 0) is 17.8 Å². The van der Waals surface area contributed by atoms with E-state index < -0.39 is 31.1 Å². The normalized spacial score (nSPS) is 21.2. The molecule has 0 radical (unpaired) electrons. The largest absolute Gasteiger partial charge is 0.394 e. The number of anilines is 2. The molecule has 0 aliphatic carbocycles. The van der Waals surface area contributed by atoms with E-state index in [0.717, 1.165) is 21.9 Å². The molecule has 5 aromatic rings. The number of benzene rings is 3. The van der Waals surface area contributed by atoms with Crippen molar-refractivity contribution in [1.29, 1.82) is 0 Å². The summed E-state index contributed by atoms with van der Waals surface area (Å²) < 4.78 is 7.31. The molecule has 0 bridgehead atoms. The second-order valence-corrected chi connectivity index (χ2v) is 9.28. The summed E-state index contributed by atoms with van der Waals surface area (Å²) in [5, 5.41) is 39.4. The Balaban J connectivity index is 1.36. The zero-order valence-electron chi connectivity index (χ0n) is 20.5. The fourth-order valence-corrected chi connectivity index (χ4v) is 4.82. The van der Waals surface area contributed by atoms with E-state index in [4.69, 9.17) is 9.72 Å². The van der Waals surface area contributed by atoms with Gasteiger partial charge in [-0.05, 0) is 21.9 Å². The number of hydrogen-bond acceptors (Lipinski definition) is 9. The fourth-order valence-electron chi connectivity index (χ4n) is 4.82. The molecule has 0 spiro atoms. The number of hydrogen-bond donors (Lipinski definition) is 5. The second kappa shape index (κ2) is 10.3. The molecule has 194 valence electrons. The average Bonchev–Trinajstić information content (AvgIpc) is 3.51. The van der Waals surface area contributed by atoms with Crippen molar-refractivity contribution in [3.05, 3.63) is 90.3 Å². The van der Waals surface area contributed by atoms with E-state index in [0.29, 0.717) is 36.0 Å². The van der Waals surface area contributed by atoms with Gasteiger partial charge in [-0.2, -0.15) is 9.97 Å². The van der Waals surface area contributed by atoms with Gasteiger partial charge < -0.3 is 30.7 Å². The number of nitrogens with zero attached hydrogens (tertiary/aromatic N) is 4. The first kappa shape index (κ1) is 24.3. The predicted octanol–water partition coefficient (Wildman–Crippen LogP) is 2.82. The minimum atomic E-state index is -1.26. The van der Waals surface area contributed by atoms with Crippen molar-refractivity contribution in [2.24, 2.45) is 0 Å². The lowest BCUT2D eigenvalue weighted by Crippen LogP contribution is -2.33. The first-order valence-corrected chi connectivity index (χ1v) is 12.5. The Hall–Kier alpha value is -4.09. The highest BCUT2D eigenvalue weighted by Crippen LogP contribution is 2.33. The summed E-state index contributed by atoms with van der Waals surface area (Å²) in [6.45, 7) is 0.599. The molecule has 1 fully saturated rings. The zero-order valence-corrected chi connectivity index (χ0v) is 20.5. The highest BCUT2D eigenvalue weighted by Gasteiger charge is 2.44. The van der Waals surface area contributed by atoms with Crippen LogP contribution in [-0.4, -0.2) is 59.8 Å². The van der Waals surface area contributed by atoms with E-state index in [-0.39, 0.29) is 0 Å². The maximum absolute atomic E-state index is 10.6. The number of fused-ring (bicyclic) bond motifs is 2. The summed E-state index contributed by atoms with van der Waals surface area (Å²) in [7, 11) is 0. The number of rotatable bonds is 8. The van der Waals surface area contributed by atoms with Crippen molar-refractivity contribution in [1.82, 2.24) is 19.5 Å². The molecular formula is C28H28N6O4. The molecule has 4 atom stereocenters. The lowest BCUT2D eigenvalue weighted by atomic mass is 10.0. The van der Waals surface area contributed by atoms with Gasteiger partial charge in [0.05, 0.1) is 12.9 Å². The second-order valence-electron chi connectivity index (χ2n) is 9.28. The first-order chi connectivity index (χ1) is 18.6. The third-order valence-electron chi connectivity index (χ3n) is 6.83. The maximum Gasteiger partial charge on any atom is 0.227 e. The first-order valence-electron chi connectivity index (χ1n) is 12.5. The van der Waals surface area contributed by atoms with E-state index >= 15 is 0 Å². The van der Waals surface area contributed by atoms with Crippen molar-refractivity contribution in [3.8, 4) is 0 Å². The SMILES string of the molecule is OC[C@H]1OC(n2cnc3c(NCc4cccc5ccccc45)nc(NCc4ccccc4)nc32)[C@H](O)[C@@H]1O. The molecule has 0 amide bonds. The topological polar surface area (TPSA) is 138 Å². The molecule has 6 rings (SSSR count). The van der Waals surface area contributed by atoms with E-state index in [1.54, 1.807) is 4.57 Å². The molecule has 3 aromatic carbocycles. The van der Waals surface area contributed by atoms with Crippen LogP contribution in [0.4, 0.5) is 11.8 Å². The number of aliphatic hydroxyl groups excluding tert-OH is 3. The third-order valence-corrected chi connectivity index (χ3v) is 6.83. The molecule has 1 aliphatic rings. The smallest absolute Gasteiger partial charge is 0.227 e. The molecule has 0 saturated carbocycles. The van der Waals surface area contributed by atoms with E-state index in [1.165, 1.54) is 6.33 Å². The van der Waals surface area contributed by atoms with E-state index in [9.17, 15) is 15.3 Å². The molecule has 2 aromatic heterocycles. The van der Waals surface area contributed by atoms with Gasteiger partial charge in [0.15, 0.2) is 23.2 Å². The zero-order chi connectivity index (χ0) is 26.1. The molecule has 1 unspecified atom stereocenters. The molecule has 38 heavy (non-hydrogen) atoms. The van der Waals surface area contributed by atoms with Crippen LogP contribution < -0.4 is 10.6 Å². The van der Waals surface area contributed by atoms with Gasteiger partial charge in [-0.1, -0.05) is 72.8 Å². The Morgan fingerprint density at radius 2 is 1.63 bits per heavy atom. The van der Waals surface area contributed by atoms with Gasteiger partial charge in [0, 0.05) is 13.1 Å². The molecule has 10 nitrogen and oxygen atoms in total. The van der Waals surface area contributed by atoms with Gasteiger partial charge in [0.1, 0.15) is 18.3 Å². The highest BCUT2D eigenvalue weighted by atomic mass is 16.6. The number of aliphatic hydroxyl groups is 3. The summed E-state index contributed by atoms with van der Waals surface area (Å²) >= 11 is 0. The predicted molar refractivity (Wildman–Crippen MR) is 143 cm³/mol. The van der Waals surface area contributed by atoms with Crippen molar-refractivity contribution in [2.75, 3.05) is 17.2 Å². The molecule has 1 saturated heterocycles. The fraction of sp³-hybridized carbons (Fsp3) is 0.250. The Morgan fingerprint density at radius 1 is 0.842 bits per heavy atom. The number of ether oxygens (including phenoxy) is 1. The van der Waals surface area contributed by atoms with Crippen LogP contribution >= 0.6 is 0 Å². The van der Waals surface area contributed by atoms with E-state index in [1.807, 2.05) is 48.5 Å². The van der Waals surface area contributed by atoms with Crippen molar-refractivity contribution in [3.63, 3.8) is 0 Å². The summed E-state index contributed by atoms with van der Waals surface area (Å²) in [4.78, 5) is 13.9. The maximum atomic E-state index is 10.6. The monoisotopic (exact) mass is 512 g/mol. The molecule has 5 N–H and O–H groups in total. The van der Waals surface area contributed by atoms with Crippen LogP contribution in [0.1, 0.15) is 17.4 Å². The van der Waals surface area contributed by atoms with E-state index in [2.05, 4.69) is 44.9 Å². The lowest BCUT2D eigenvalue weighted by Gasteiger charge is -2.17. The molecule has 10 heteroatoms. The number of nitrogens with one attached hydrogen (secondary N) is 2. The average molecular weight is 513 g/mol. The number of imidazole rings is 1. The van der Waals surface area contributed by atoms with Crippen LogP contribution in [0.3, 0.4) is 0 Å². The lowest BCUT2D eigenvalue weighted by molar-refractivity contribution is -0.0511. The Labute approximate surface area is 218 Å². The van der Waals surface area contributed by atoms with Crippen LogP contribution in [0.25, 0.3) is 21.9 Å². The molecular weight excluding hydrogens is 484 g/mol. The van der Waals surface area contributed by atoms with Gasteiger partial charge in [0.2, 0.25) is 5.95 Å². The van der Waals surface area contributed by atoms with Crippen molar-refractivity contribution >= 4 is 33.7 Å². The Morgan fingerprint density at radius 3 is 2.45 bits per heavy atom. The Bertz CT molecular complexity index is 1550. The highest BCUT2D eigenvalue weighted by molar-refractivity contribution is 5.87. The standard InChI is InChI=1S/C28H28N6O4/c35-15-21-23(36)24(37)27(38-21)34-16-31-22-25(29-14-19-11-6-10-18-9-4-5-12-20(18)19)32-28(33-26(22)34)30-13-17-7-2-1-3-8-17/h1-12,16,21,23-24,27,35-37H,13-15H2,(H2,29,30,32,33)/t21-,23-,24-,27?/m1/s1. The van der Waals surface area contributed by atoms with Gasteiger partial charge in [0.25, 0.3) is 0 Å². The van der Waals surface area contributed by atoms with Crippen molar-refractivity contribution in [2.45, 2.75) is 37.6 Å². The van der Waals surface area contributed by atoms with Crippen molar-refractivity contribution < 1.29 is 20.1 Å². The summed E-state index contributed by atoms with van der Waals surface area (Å²) in [6.07, 6.45) is -2.86. The molecule has 3 heterocycles. The number of aromatic nitrogens is 4. The van der Waals surface area contributed by atoms with Crippen LogP contribution in [0.2, 0.25) is 0 Å². The molecule has 1 aliphatic heterocycles. The minimum absolute atomic E-state index is 0.371. The minimum Gasteiger partial charge on any atom is -0.394 e. The van der Waals surface area contributed by atoms with Crippen LogP contribution in [0, 0.1) is 0 Å². The summed E-state index contributed by atoms with van der Waals surface area (Å²) in [6, 6.07) is 24.3. The quantitative estimate of drug-likeness (QED) is 0.212. The third kappa shape index (κ3) is 4.54. The van der Waals surface area contributed by atoms with Crippen LogP contribution in [0.5, 0.6) is 0 Å². The summed E-state index contributed by atoms with van der Waals surface area (Å²) in [5.74, 6) is 0.888. The van der Waals surface area contributed by atoms with Gasteiger partial charge in [-0.25, -0.2) is 4.98 Å².